The van der Waals surface area contributed by atoms with E-state index in [1.165, 1.54) is 5.69 Å². The molecule has 1 aliphatic rings. The van der Waals surface area contributed by atoms with Crippen molar-refractivity contribution in [1.29, 1.82) is 0 Å². The van der Waals surface area contributed by atoms with Crippen LogP contribution >= 0.6 is 24.0 Å². The summed E-state index contributed by atoms with van der Waals surface area (Å²) in [7, 11) is 0. The zero-order chi connectivity index (χ0) is 17.9. The highest BCUT2D eigenvalue weighted by atomic mass is 127. The fourth-order valence-corrected chi connectivity index (χ4v) is 2.99. The molecule has 1 fully saturated rings. The van der Waals surface area contributed by atoms with Crippen molar-refractivity contribution >= 4 is 29.9 Å². The van der Waals surface area contributed by atoms with Crippen molar-refractivity contribution < 1.29 is 4.74 Å². The van der Waals surface area contributed by atoms with Crippen LogP contribution in [-0.2, 0) is 11.3 Å². The number of halogens is 1. The Hall–Kier alpha value is -0.870. The van der Waals surface area contributed by atoms with Gasteiger partial charge in [-0.25, -0.2) is 0 Å². The molecule has 150 valence electrons. The van der Waals surface area contributed by atoms with Gasteiger partial charge in [-0.05, 0) is 46.2 Å². The van der Waals surface area contributed by atoms with Crippen LogP contribution in [0, 0.1) is 13.8 Å². The number of ether oxygens (including phenoxy) is 1. The Bertz CT molecular complexity index is 528. The summed E-state index contributed by atoms with van der Waals surface area (Å²) in [6, 6.07) is 2.11. The standard InChI is InChI=1S/C18H34N6O.HI/c1-4-19-18(20-7-5-9-23-11-13-25-14-12-23)21-8-6-10-24-17(3)15-16(2)22-24;/h15H,4-14H2,1-3H3,(H2,19,20,21);1H. The van der Waals surface area contributed by atoms with Gasteiger partial charge in [0.25, 0.3) is 0 Å². The van der Waals surface area contributed by atoms with Crippen molar-refractivity contribution in [2.24, 2.45) is 4.99 Å². The molecule has 0 bridgehead atoms. The van der Waals surface area contributed by atoms with Gasteiger partial charge in [-0.2, -0.15) is 5.10 Å². The normalized spacial score (nSPS) is 15.6. The van der Waals surface area contributed by atoms with Crippen LogP contribution in [0.3, 0.4) is 0 Å². The van der Waals surface area contributed by atoms with Crippen LogP contribution in [0.5, 0.6) is 0 Å². The Kier molecular flexibility index (Phi) is 11.9. The Balaban J connectivity index is 0.00000338. The first-order valence-electron chi connectivity index (χ1n) is 9.52. The largest absolute Gasteiger partial charge is 0.379 e. The van der Waals surface area contributed by atoms with Gasteiger partial charge in [0.05, 0.1) is 18.9 Å². The molecule has 0 atom stereocenters. The van der Waals surface area contributed by atoms with Crippen LogP contribution in [-0.4, -0.2) is 73.1 Å². The summed E-state index contributed by atoms with van der Waals surface area (Å²) in [5.41, 5.74) is 2.30. The van der Waals surface area contributed by atoms with E-state index in [4.69, 9.17) is 4.74 Å². The highest BCUT2D eigenvalue weighted by Crippen LogP contribution is 2.02. The molecule has 0 radical (unpaired) electrons. The maximum atomic E-state index is 5.38. The number of nitrogens with one attached hydrogen (secondary N) is 2. The molecule has 0 aromatic carbocycles. The van der Waals surface area contributed by atoms with Gasteiger partial charge in [0.15, 0.2) is 5.96 Å². The molecule has 1 aliphatic heterocycles. The van der Waals surface area contributed by atoms with Gasteiger partial charge in [0.2, 0.25) is 0 Å². The minimum Gasteiger partial charge on any atom is -0.379 e. The molecule has 0 aliphatic carbocycles. The SMILES string of the molecule is CCNC(=NCCCn1nc(C)cc1C)NCCCN1CCOCC1.I. The number of hydrogen-bond acceptors (Lipinski definition) is 4. The lowest BCUT2D eigenvalue weighted by atomic mass is 10.3. The maximum Gasteiger partial charge on any atom is 0.191 e. The van der Waals surface area contributed by atoms with Gasteiger partial charge in [0, 0.05) is 45.0 Å². The summed E-state index contributed by atoms with van der Waals surface area (Å²) in [6.07, 6.45) is 2.11. The lowest BCUT2D eigenvalue weighted by molar-refractivity contribution is 0.0376. The number of aliphatic imine (C=N–C) groups is 1. The molecule has 1 saturated heterocycles. The van der Waals surface area contributed by atoms with Crippen molar-refractivity contribution in [2.45, 2.75) is 40.2 Å². The van der Waals surface area contributed by atoms with Gasteiger partial charge >= 0.3 is 0 Å². The molecule has 0 amide bonds. The lowest BCUT2D eigenvalue weighted by Crippen LogP contribution is -2.40. The van der Waals surface area contributed by atoms with Crippen LogP contribution in [0.15, 0.2) is 11.1 Å². The molecule has 0 saturated carbocycles. The molecule has 0 spiro atoms. The van der Waals surface area contributed by atoms with Gasteiger partial charge in [0.1, 0.15) is 0 Å². The van der Waals surface area contributed by atoms with Crippen LogP contribution in [0.25, 0.3) is 0 Å². The molecule has 2 rings (SSSR count). The number of guanidine groups is 1. The fourth-order valence-electron chi connectivity index (χ4n) is 2.99. The molecule has 2 heterocycles. The summed E-state index contributed by atoms with van der Waals surface area (Å²) >= 11 is 0. The number of rotatable bonds is 9. The molecular weight excluding hydrogens is 443 g/mol. The molecular formula is C18H35IN6O. The Morgan fingerprint density at radius 2 is 1.96 bits per heavy atom. The number of aryl methyl sites for hydroxylation is 3. The van der Waals surface area contributed by atoms with Crippen molar-refractivity contribution in [3.05, 3.63) is 17.5 Å². The summed E-state index contributed by atoms with van der Waals surface area (Å²) in [4.78, 5) is 7.13. The van der Waals surface area contributed by atoms with E-state index in [0.29, 0.717) is 0 Å². The first kappa shape index (κ1) is 23.2. The number of aromatic nitrogens is 2. The Labute approximate surface area is 175 Å². The highest BCUT2D eigenvalue weighted by molar-refractivity contribution is 14.0. The van der Waals surface area contributed by atoms with Crippen LogP contribution in [0.2, 0.25) is 0 Å². The smallest absolute Gasteiger partial charge is 0.191 e. The van der Waals surface area contributed by atoms with Crippen molar-refractivity contribution in [3.63, 3.8) is 0 Å². The van der Waals surface area contributed by atoms with E-state index in [0.717, 1.165) is 83.5 Å². The quantitative estimate of drug-likeness (QED) is 0.245. The molecule has 7 nitrogen and oxygen atoms in total. The third-order valence-electron chi connectivity index (χ3n) is 4.29. The van der Waals surface area contributed by atoms with E-state index in [1.54, 1.807) is 0 Å². The molecule has 26 heavy (non-hydrogen) atoms. The highest BCUT2D eigenvalue weighted by Gasteiger charge is 2.09. The predicted octanol–water partition coefficient (Wildman–Crippen LogP) is 1.79. The topological polar surface area (TPSA) is 66.7 Å². The monoisotopic (exact) mass is 478 g/mol. The minimum absolute atomic E-state index is 0. The van der Waals surface area contributed by atoms with Crippen molar-refractivity contribution in [3.8, 4) is 0 Å². The van der Waals surface area contributed by atoms with Gasteiger partial charge < -0.3 is 15.4 Å². The summed E-state index contributed by atoms with van der Waals surface area (Å²) in [5, 5.41) is 11.2. The molecule has 2 N–H and O–H groups in total. The van der Waals surface area contributed by atoms with E-state index in [2.05, 4.69) is 50.2 Å². The van der Waals surface area contributed by atoms with E-state index in [-0.39, 0.29) is 24.0 Å². The van der Waals surface area contributed by atoms with E-state index in [9.17, 15) is 0 Å². The fraction of sp³-hybridized carbons (Fsp3) is 0.778. The van der Waals surface area contributed by atoms with Crippen LogP contribution < -0.4 is 10.6 Å². The third kappa shape index (κ3) is 8.68. The Morgan fingerprint density at radius 1 is 1.19 bits per heavy atom. The molecule has 0 unspecified atom stereocenters. The zero-order valence-corrected chi connectivity index (χ0v) is 18.8. The molecule has 8 heteroatoms. The summed E-state index contributed by atoms with van der Waals surface area (Å²) in [6.45, 7) is 14.7. The van der Waals surface area contributed by atoms with E-state index < -0.39 is 0 Å². The van der Waals surface area contributed by atoms with Crippen LogP contribution in [0.1, 0.15) is 31.2 Å². The summed E-state index contributed by atoms with van der Waals surface area (Å²) in [5.74, 6) is 0.915. The summed E-state index contributed by atoms with van der Waals surface area (Å²) < 4.78 is 7.44. The Morgan fingerprint density at radius 3 is 2.62 bits per heavy atom. The second-order valence-electron chi connectivity index (χ2n) is 6.50. The minimum atomic E-state index is 0. The first-order valence-corrected chi connectivity index (χ1v) is 9.52. The van der Waals surface area contributed by atoms with E-state index >= 15 is 0 Å². The maximum absolute atomic E-state index is 5.38. The van der Waals surface area contributed by atoms with Crippen LogP contribution in [0.4, 0.5) is 0 Å². The van der Waals surface area contributed by atoms with Gasteiger partial charge in [-0.15, -0.1) is 24.0 Å². The predicted molar refractivity (Wildman–Crippen MR) is 118 cm³/mol. The average molecular weight is 478 g/mol. The molecule has 1 aromatic rings. The third-order valence-corrected chi connectivity index (χ3v) is 4.29. The molecule has 1 aromatic heterocycles. The number of morpholine rings is 1. The number of nitrogens with zero attached hydrogens (tertiary/aromatic N) is 4. The lowest BCUT2D eigenvalue weighted by Gasteiger charge is -2.26. The van der Waals surface area contributed by atoms with E-state index in [1.807, 2.05) is 6.92 Å². The second-order valence-corrected chi connectivity index (χ2v) is 6.50. The van der Waals surface area contributed by atoms with Gasteiger partial charge in [-0.3, -0.25) is 14.6 Å². The first-order chi connectivity index (χ1) is 12.2. The van der Waals surface area contributed by atoms with Gasteiger partial charge in [-0.1, -0.05) is 0 Å². The second kappa shape index (κ2) is 13.3. The average Bonchev–Trinajstić information content (AvgIpc) is 2.93. The van der Waals surface area contributed by atoms with Crippen molar-refractivity contribution in [2.75, 3.05) is 52.5 Å². The van der Waals surface area contributed by atoms with Crippen molar-refractivity contribution in [1.82, 2.24) is 25.3 Å². The number of hydrogen-bond donors (Lipinski definition) is 2. The zero-order valence-electron chi connectivity index (χ0n) is 16.5.